The molecule has 0 aliphatic carbocycles. The molecule has 1 fully saturated rings. The van der Waals surface area contributed by atoms with Gasteiger partial charge in [-0.25, -0.2) is 5.01 Å². The van der Waals surface area contributed by atoms with Crippen LogP contribution in [0.5, 0.6) is 0 Å². The predicted octanol–water partition coefficient (Wildman–Crippen LogP) is 3.62. The Morgan fingerprint density at radius 1 is 1.29 bits per heavy atom. The molecule has 3 nitrogen and oxygen atoms in total. The van der Waals surface area contributed by atoms with E-state index in [-0.39, 0.29) is 0 Å². The second kappa shape index (κ2) is 5.27. The number of benzene rings is 1. The highest BCUT2D eigenvalue weighted by Gasteiger charge is 2.24. The topological polar surface area (TPSA) is 41.3 Å². The summed E-state index contributed by atoms with van der Waals surface area (Å²) in [5.41, 5.74) is 11.1. The normalized spacial score (nSPS) is 25.8. The van der Waals surface area contributed by atoms with Gasteiger partial charge in [0.1, 0.15) is 0 Å². The number of nitrogens with zero attached hydrogens (tertiary/aromatic N) is 1. The molecule has 4 heteroatoms. The predicted molar refractivity (Wildman–Crippen MR) is 76.8 cm³/mol. The number of nitrogens with one attached hydrogen (secondary N) is 1. The molecule has 1 aliphatic heterocycles. The van der Waals surface area contributed by atoms with Crippen molar-refractivity contribution in [1.82, 2.24) is 5.01 Å². The van der Waals surface area contributed by atoms with Crippen molar-refractivity contribution in [3.8, 4) is 0 Å². The van der Waals surface area contributed by atoms with Crippen LogP contribution in [-0.2, 0) is 0 Å². The van der Waals surface area contributed by atoms with Gasteiger partial charge in [-0.3, -0.25) is 0 Å². The van der Waals surface area contributed by atoms with E-state index in [1.807, 2.05) is 18.2 Å². The quantitative estimate of drug-likeness (QED) is 0.819. The van der Waals surface area contributed by atoms with Crippen LogP contribution in [0.25, 0.3) is 0 Å². The van der Waals surface area contributed by atoms with E-state index in [1.54, 1.807) is 0 Å². The van der Waals surface area contributed by atoms with E-state index >= 15 is 0 Å². The van der Waals surface area contributed by atoms with Crippen LogP contribution in [0.2, 0.25) is 0 Å². The number of hydrazine groups is 1. The Hall–Kier alpha value is -0.740. The van der Waals surface area contributed by atoms with Crippen LogP contribution < -0.4 is 11.2 Å². The zero-order valence-corrected chi connectivity index (χ0v) is 12.0. The molecule has 1 heterocycles. The molecule has 0 amide bonds. The lowest BCUT2D eigenvalue weighted by molar-refractivity contribution is 0.135. The molecule has 2 atom stereocenters. The van der Waals surface area contributed by atoms with E-state index in [2.05, 4.69) is 40.2 Å². The van der Waals surface area contributed by atoms with Crippen molar-refractivity contribution in [3.05, 3.63) is 22.7 Å². The molecular weight excluding hydrogens is 278 g/mol. The first kappa shape index (κ1) is 12.7. The standard InChI is InChI=1S/C13H20BrN3/c1-9-4-3-5-10(2)17(9)16-13-7-6-11(15)8-12(13)14/h6-10,16H,3-5,15H2,1-2H3. The Bertz CT molecular complexity index is 384. The largest absolute Gasteiger partial charge is 0.399 e. The molecule has 0 radical (unpaired) electrons. The van der Waals surface area contributed by atoms with Crippen LogP contribution in [0.3, 0.4) is 0 Å². The molecule has 0 bridgehead atoms. The van der Waals surface area contributed by atoms with Crippen molar-refractivity contribution < 1.29 is 0 Å². The average Bonchev–Trinajstić information content (AvgIpc) is 2.26. The van der Waals surface area contributed by atoms with Gasteiger partial charge in [-0.15, -0.1) is 0 Å². The highest BCUT2D eigenvalue weighted by molar-refractivity contribution is 9.10. The molecule has 2 rings (SSSR count). The monoisotopic (exact) mass is 297 g/mol. The van der Waals surface area contributed by atoms with Gasteiger partial charge in [0.15, 0.2) is 0 Å². The van der Waals surface area contributed by atoms with Crippen LogP contribution in [0, 0.1) is 0 Å². The molecule has 2 unspecified atom stereocenters. The summed E-state index contributed by atoms with van der Waals surface area (Å²) in [6.45, 7) is 4.54. The molecule has 1 aromatic carbocycles. The fourth-order valence-corrected chi connectivity index (χ4v) is 2.89. The summed E-state index contributed by atoms with van der Waals surface area (Å²) in [5, 5.41) is 2.35. The van der Waals surface area contributed by atoms with Gasteiger partial charge in [-0.2, -0.15) is 0 Å². The first-order chi connectivity index (χ1) is 8.08. The number of anilines is 2. The summed E-state index contributed by atoms with van der Waals surface area (Å²) in [6.07, 6.45) is 3.83. The third-order valence-corrected chi connectivity index (χ3v) is 4.09. The van der Waals surface area contributed by atoms with Crippen molar-refractivity contribution >= 4 is 27.3 Å². The van der Waals surface area contributed by atoms with Gasteiger partial charge in [0.25, 0.3) is 0 Å². The molecule has 3 N–H and O–H groups in total. The fourth-order valence-electron chi connectivity index (χ4n) is 2.40. The minimum Gasteiger partial charge on any atom is -0.399 e. The Labute approximate surface area is 111 Å². The second-order valence-corrected chi connectivity index (χ2v) is 5.74. The number of piperidine rings is 1. The van der Waals surface area contributed by atoms with Gasteiger partial charge >= 0.3 is 0 Å². The van der Waals surface area contributed by atoms with Crippen LogP contribution in [0.15, 0.2) is 22.7 Å². The lowest BCUT2D eigenvalue weighted by Gasteiger charge is -2.39. The smallest absolute Gasteiger partial charge is 0.0633 e. The van der Waals surface area contributed by atoms with Crippen molar-refractivity contribution in [1.29, 1.82) is 0 Å². The maximum Gasteiger partial charge on any atom is 0.0633 e. The van der Waals surface area contributed by atoms with Crippen molar-refractivity contribution in [2.24, 2.45) is 0 Å². The summed E-state index contributed by atoms with van der Waals surface area (Å²) >= 11 is 3.54. The molecule has 1 saturated heterocycles. The zero-order chi connectivity index (χ0) is 12.4. The molecule has 94 valence electrons. The van der Waals surface area contributed by atoms with Crippen LogP contribution in [0.1, 0.15) is 33.1 Å². The van der Waals surface area contributed by atoms with Gasteiger partial charge in [-0.1, -0.05) is 6.42 Å². The van der Waals surface area contributed by atoms with E-state index in [0.717, 1.165) is 15.8 Å². The number of nitrogen functional groups attached to an aromatic ring is 1. The number of halogens is 1. The minimum atomic E-state index is 0.572. The molecule has 17 heavy (non-hydrogen) atoms. The van der Waals surface area contributed by atoms with E-state index in [4.69, 9.17) is 5.73 Å². The number of nitrogens with two attached hydrogens (primary N) is 1. The summed E-state index contributed by atoms with van der Waals surface area (Å²) in [6, 6.07) is 7.02. The Balaban J connectivity index is 2.13. The Morgan fingerprint density at radius 3 is 2.53 bits per heavy atom. The molecule has 0 spiro atoms. The van der Waals surface area contributed by atoms with Crippen LogP contribution in [0.4, 0.5) is 11.4 Å². The summed E-state index contributed by atoms with van der Waals surface area (Å²) in [4.78, 5) is 0. The van der Waals surface area contributed by atoms with E-state index in [1.165, 1.54) is 19.3 Å². The van der Waals surface area contributed by atoms with Gasteiger partial charge in [0.2, 0.25) is 0 Å². The lowest BCUT2D eigenvalue weighted by atomic mass is 10.00. The van der Waals surface area contributed by atoms with E-state index < -0.39 is 0 Å². The average molecular weight is 298 g/mol. The van der Waals surface area contributed by atoms with Gasteiger partial charge in [0.05, 0.1) is 5.69 Å². The molecule has 1 aromatic rings. The Morgan fingerprint density at radius 2 is 1.94 bits per heavy atom. The zero-order valence-electron chi connectivity index (χ0n) is 10.4. The van der Waals surface area contributed by atoms with E-state index in [0.29, 0.717) is 12.1 Å². The maximum absolute atomic E-state index is 5.74. The summed E-state index contributed by atoms with van der Waals surface area (Å²) < 4.78 is 1.02. The number of hydrogen-bond donors (Lipinski definition) is 2. The SMILES string of the molecule is CC1CCCC(C)N1Nc1ccc(N)cc1Br. The first-order valence-electron chi connectivity index (χ1n) is 6.18. The highest BCUT2D eigenvalue weighted by Crippen LogP contribution is 2.28. The number of rotatable bonds is 2. The van der Waals surface area contributed by atoms with Gasteiger partial charge in [0, 0.05) is 22.2 Å². The summed E-state index contributed by atoms with van der Waals surface area (Å²) in [5.74, 6) is 0. The lowest BCUT2D eigenvalue weighted by Crippen LogP contribution is -2.47. The van der Waals surface area contributed by atoms with Gasteiger partial charge < -0.3 is 11.2 Å². The van der Waals surface area contributed by atoms with Crippen LogP contribution in [-0.4, -0.2) is 17.1 Å². The van der Waals surface area contributed by atoms with Crippen LogP contribution >= 0.6 is 15.9 Å². The van der Waals surface area contributed by atoms with Crippen molar-refractivity contribution in [2.75, 3.05) is 11.2 Å². The molecular formula is C13H20BrN3. The molecule has 1 aliphatic rings. The van der Waals surface area contributed by atoms with Gasteiger partial charge in [-0.05, 0) is 60.8 Å². The summed E-state index contributed by atoms with van der Waals surface area (Å²) in [7, 11) is 0. The molecule has 0 aromatic heterocycles. The Kier molecular flexibility index (Phi) is 3.94. The third kappa shape index (κ3) is 2.93. The fraction of sp³-hybridized carbons (Fsp3) is 0.538. The highest BCUT2D eigenvalue weighted by atomic mass is 79.9. The second-order valence-electron chi connectivity index (χ2n) is 4.89. The number of hydrogen-bond acceptors (Lipinski definition) is 3. The van der Waals surface area contributed by atoms with Crippen molar-refractivity contribution in [2.45, 2.75) is 45.2 Å². The van der Waals surface area contributed by atoms with E-state index in [9.17, 15) is 0 Å². The molecule has 0 saturated carbocycles. The maximum atomic E-state index is 5.74. The first-order valence-corrected chi connectivity index (χ1v) is 6.97. The van der Waals surface area contributed by atoms with Crippen molar-refractivity contribution in [3.63, 3.8) is 0 Å². The third-order valence-electron chi connectivity index (χ3n) is 3.44. The minimum absolute atomic E-state index is 0.572.